The number of phenolic OH excluding ortho intramolecular Hbond substituents is 1. The zero-order valence-corrected chi connectivity index (χ0v) is 10.7. The minimum Gasteiger partial charge on any atom is -0.502 e. The van der Waals surface area contributed by atoms with Crippen molar-refractivity contribution in [3.63, 3.8) is 0 Å². The second kappa shape index (κ2) is 5.66. The number of hydrogen-bond acceptors (Lipinski definition) is 6. The van der Waals surface area contributed by atoms with Gasteiger partial charge in [0.05, 0.1) is 11.1 Å². The van der Waals surface area contributed by atoms with Crippen molar-refractivity contribution in [1.82, 2.24) is 9.91 Å². The third kappa shape index (κ3) is 3.41. The molecule has 0 atom stereocenters. The number of rotatable bonds is 3. The Labute approximate surface area is 110 Å². The summed E-state index contributed by atoms with van der Waals surface area (Å²) in [6, 6.07) is 4.22. The van der Waals surface area contributed by atoms with Crippen LogP contribution >= 0.6 is 0 Å². The lowest BCUT2D eigenvalue weighted by atomic mass is 10.2. The first-order chi connectivity index (χ1) is 9.06. The monoisotopic (exact) mass is 264 g/mol. The van der Waals surface area contributed by atoms with Gasteiger partial charge in [0, 0.05) is 37.8 Å². The fourth-order valence-electron chi connectivity index (χ4n) is 1.83. The zero-order valence-electron chi connectivity index (χ0n) is 10.7. The Balaban J connectivity index is 2.06. The highest BCUT2D eigenvalue weighted by atomic mass is 16.6. The van der Waals surface area contributed by atoms with Gasteiger partial charge in [-0.25, -0.2) is 0 Å². The molecule has 1 aromatic carbocycles. The summed E-state index contributed by atoms with van der Waals surface area (Å²) in [7, 11) is 2.06. The van der Waals surface area contributed by atoms with Crippen molar-refractivity contribution in [2.45, 2.75) is 0 Å². The molecule has 0 aliphatic carbocycles. The van der Waals surface area contributed by atoms with Gasteiger partial charge in [-0.05, 0) is 19.2 Å². The molecule has 7 nitrogen and oxygen atoms in total. The quantitative estimate of drug-likeness (QED) is 0.498. The summed E-state index contributed by atoms with van der Waals surface area (Å²) in [5.74, 6) is -0.332. The summed E-state index contributed by atoms with van der Waals surface area (Å²) < 4.78 is 0. The molecule has 2 rings (SSSR count). The fraction of sp³-hybridized carbons (Fsp3) is 0.417. The Morgan fingerprint density at radius 2 is 2.05 bits per heavy atom. The molecule has 0 spiro atoms. The third-order valence-corrected chi connectivity index (χ3v) is 3.05. The van der Waals surface area contributed by atoms with E-state index in [-0.39, 0.29) is 11.4 Å². The molecule has 1 saturated heterocycles. The number of hydrazone groups is 1. The van der Waals surface area contributed by atoms with Gasteiger partial charge in [0.15, 0.2) is 5.75 Å². The lowest BCUT2D eigenvalue weighted by molar-refractivity contribution is -0.385. The van der Waals surface area contributed by atoms with Gasteiger partial charge in [-0.1, -0.05) is 0 Å². The number of piperazine rings is 1. The Hall–Kier alpha value is -2.15. The van der Waals surface area contributed by atoms with Crippen molar-refractivity contribution in [1.29, 1.82) is 0 Å². The summed E-state index contributed by atoms with van der Waals surface area (Å²) in [6.07, 6.45) is 1.58. The average molecular weight is 264 g/mol. The largest absolute Gasteiger partial charge is 0.502 e. The fourth-order valence-corrected chi connectivity index (χ4v) is 1.83. The van der Waals surface area contributed by atoms with Gasteiger partial charge in [0.1, 0.15) is 0 Å². The van der Waals surface area contributed by atoms with E-state index >= 15 is 0 Å². The van der Waals surface area contributed by atoms with E-state index in [1.807, 2.05) is 5.01 Å². The zero-order chi connectivity index (χ0) is 13.8. The van der Waals surface area contributed by atoms with Crippen molar-refractivity contribution in [3.8, 4) is 5.75 Å². The Morgan fingerprint density at radius 3 is 2.68 bits per heavy atom. The van der Waals surface area contributed by atoms with Gasteiger partial charge >= 0.3 is 5.69 Å². The van der Waals surface area contributed by atoms with E-state index in [2.05, 4.69) is 17.0 Å². The second-order valence-electron chi connectivity index (χ2n) is 4.51. The molecule has 7 heteroatoms. The van der Waals surface area contributed by atoms with Crippen LogP contribution in [-0.4, -0.2) is 59.4 Å². The minimum atomic E-state index is -0.609. The molecule has 1 heterocycles. The molecule has 1 fully saturated rings. The van der Waals surface area contributed by atoms with Crippen LogP contribution in [0.3, 0.4) is 0 Å². The van der Waals surface area contributed by atoms with Crippen molar-refractivity contribution in [2.75, 3.05) is 33.2 Å². The number of aromatic hydroxyl groups is 1. The number of phenols is 1. The maximum atomic E-state index is 10.7. The number of nitro benzene ring substituents is 1. The Morgan fingerprint density at radius 1 is 1.37 bits per heavy atom. The van der Waals surface area contributed by atoms with Gasteiger partial charge < -0.3 is 10.0 Å². The van der Waals surface area contributed by atoms with Gasteiger partial charge in [0.25, 0.3) is 0 Å². The van der Waals surface area contributed by atoms with E-state index in [0.29, 0.717) is 5.56 Å². The lowest BCUT2D eigenvalue weighted by Gasteiger charge is -2.30. The van der Waals surface area contributed by atoms with Gasteiger partial charge in [0.2, 0.25) is 0 Å². The number of likely N-dealkylation sites (N-methyl/N-ethyl adjacent to an activating group) is 1. The standard InChI is InChI=1S/C12H16N4O3/c1-14-4-6-15(7-5-14)13-9-10-2-3-12(17)11(8-10)16(18)19/h2-3,8-9,17H,4-7H2,1H3/b13-9+. The van der Waals surface area contributed by atoms with Crippen LogP contribution in [0.2, 0.25) is 0 Å². The molecule has 1 aromatic rings. The van der Waals surface area contributed by atoms with Crippen LogP contribution in [0.15, 0.2) is 23.3 Å². The third-order valence-electron chi connectivity index (χ3n) is 3.05. The van der Waals surface area contributed by atoms with Crippen LogP contribution in [0.1, 0.15) is 5.56 Å². The van der Waals surface area contributed by atoms with E-state index in [4.69, 9.17) is 0 Å². The Kier molecular flexibility index (Phi) is 3.96. The average Bonchev–Trinajstić information content (AvgIpc) is 2.39. The number of nitro groups is 1. The molecule has 1 N–H and O–H groups in total. The number of nitrogens with zero attached hydrogens (tertiary/aromatic N) is 4. The van der Waals surface area contributed by atoms with Gasteiger partial charge in [-0.2, -0.15) is 5.10 Å². The number of hydrogen-bond donors (Lipinski definition) is 1. The first-order valence-electron chi connectivity index (χ1n) is 6.01. The highest BCUT2D eigenvalue weighted by molar-refractivity contribution is 5.81. The van der Waals surface area contributed by atoms with Crippen LogP contribution in [0.4, 0.5) is 5.69 Å². The van der Waals surface area contributed by atoms with Gasteiger partial charge in [-0.15, -0.1) is 0 Å². The number of benzene rings is 1. The first kappa shape index (κ1) is 13.3. The minimum absolute atomic E-state index is 0.303. The molecule has 0 unspecified atom stereocenters. The molecule has 102 valence electrons. The predicted molar refractivity (Wildman–Crippen MR) is 71.4 cm³/mol. The van der Waals surface area contributed by atoms with Crippen LogP contribution in [0.5, 0.6) is 5.75 Å². The summed E-state index contributed by atoms with van der Waals surface area (Å²) in [5.41, 5.74) is 0.297. The van der Waals surface area contributed by atoms with Crippen molar-refractivity contribution in [3.05, 3.63) is 33.9 Å². The Bertz CT molecular complexity index is 496. The van der Waals surface area contributed by atoms with E-state index in [1.165, 1.54) is 12.1 Å². The first-order valence-corrected chi connectivity index (χ1v) is 6.01. The van der Waals surface area contributed by atoms with Crippen LogP contribution in [-0.2, 0) is 0 Å². The normalized spacial score (nSPS) is 17.0. The van der Waals surface area contributed by atoms with Crippen LogP contribution in [0, 0.1) is 10.1 Å². The van der Waals surface area contributed by atoms with Gasteiger partial charge in [-0.3, -0.25) is 15.1 Å². The van der Waals surface area contributed by atoms with Crippen LogP contribution in [0.25, 0.3) is 0 Å². The van der Waals surface area contributed by atoms with Crippen LogP contribution < -0.4 is 0 Å². The highest BCUT2D eigenvalue weighted by Crippen LogP contribution is 2.25. The molecule has 1 aliphatic heterocycles. The van der Waals surface area contributed by atoms with E-state index in [1.54, 1.807) is 12.3 Å². The maximum absolute atomic E-state index is 10.7. The molecule has 0 aromatic heterocycles. The second-order valence-corrected chi connectivity index (χ2v) is 4.51. The highest BCUT2D eigenvalue weighted by Gasteiger charge is 2.14. The smallest absolute Gasteiger partial charge is 0.311 e. The molecule has 0 radical (unpaired) electrons. The molecular weight excluding hydrogens is 248 g/mol. The molecule has 1 aliphatic rings. The molecule has 0 amide bonds. The van der Waals surface area contributed by atoms with Crippen molar-refractivity contribution >= 4 is 11.9 Å². The molecule has 0 bridgehead atoms. The van der Waals surface area contributed by atoms with Crippen molar-refractivity contribution < 1.29 is 10.0 Å². The summed E-state index contributed by atoms with van der Waals surface area (Å²) in [4.78, 5) is 12.3. The topological polar surface area (TPSA) is 82.2 Å². The maximum Gasteiger partial charge on any atom is 0.311 e. The summed E-state index contributed by atoms with van der Waals surface area (Å²) in [5, 5.41) is 26.3. The van der Waals surface area contributed by atoms with E-state index < -0.39 is 4.92 Å². The SMILES string of the molecule is CN1CCN(/N=C/c2ccc(O)c([N+](=O)[O-])c2)CC1. The summed E-state index contributed by atoms with van der Waals surface area (Å²) in [6.45, 7) is 3.58. The lowest BCUT2D eigenvalue weighted by Crippen LogP contribution is -2.41. The van der Waals surface area contributed by atoms with Crippen molar-refractivity contribution in [2.24, 2.45) is 5.10 Å². The molecule has 19 heavy (non-hydrogen) atoms. The predicted octanol–water partition coefficient (Wildman–Crippen LogP) is 0.882. The van der Waals surface area contributed by atoms with E-state index in [0.717, 1.165) is 26.2 Å². The summed E-state index contributed by atoms with van der Waals surface area (Å²) >= 11 is 0. The molecular formula is C12H16N4O3. The van der Waals surface area contributed by atoms with E-state index in [9.17, 15) is 15.2 Å². The molecule has 0 saturated carbocycles.